The standard InChI is InChI=1S/C12H18N4OS/c1-8(2)16-11(17)5-6-14-9-3-4-10(12(13)18)15-7-9/h3-4,7-8,14H,5-6H2,1-2H3,(H2,13,18)(H,16,17). The average molecular weight is 266 g/mol. The molecule has 4 N–H and O–H groups in total. The summed E-state index contributed by atoms with van der Waals surface area (Å²) in [5.41, 5.74) is 6.88. The second-order valence-electron chi connectivity index (χ2n) is 4.20. The van der Waals surface area contributed by atoms with Crippen molar-refractivity contribution >= 4 is 28.8 Å². The van der Waals surface area contributed by atoms with E-state index in [0.717, 1.165) is 5.69 Å². The van der Waals surface area contributed by atoms with E-state index in [-0.39, 0.29) is 16.9 Å². The second-order valence-corrected chi connectivity index (χ2v) is 4.64. The number of hydrogen-bond donors (Lipinski definition) is 3. The van der Waals surface area contributed by atoms with Crippen LogP contribution in [-0.4, -0.2) is 28.5 Å². The summed E-state index contributed by atoms with van der Waals surface area (Å²) in [4.78, 5) is 15.8. The molecule has 1 heterocycles. The lowest BCUT2D eigenvalue weighted by Gasteiger charge is -2.09. The minimum atomic E-state index is 0.0326. The van der Waals surface area contributed by atoms with E-state index in [0.29, 0.717) is 18.7 Å². The van der Waals surface area contributed by atoms with E-state index in [1.54, 1.807) is 12.3 Å². The number of nitrogens with two attached hydrogens (primary N) is 1. The van der Waals surface area contributed by atoms with Crippen molar-refractivity contribution in [3.8, 4) is 0 Å². The number of hydrogen-bond acceptors (Lipinski definition) is 4. The van der Waals surface area contributed by atoms with Crippen LogP contribution < -0.4 is 16.4 Å². The zero-order valence-corrected chi connectivity index (χ0v) is 11.4. The largest absolute Gasteiger partial charge is 0.388 e. The molecular weight excluding hydrogens is 248 g/mol. The third kappa shape index (κ3) is 5.09. The Balaban J connectivity index is 2.35. The third-order valence-corrected chi connectivity index (χ3v) is 2.36. The second kappa shape index (κ2) is 6.90. The van der Waals surface area contributed by atoms with E-state index < -0.39 is 0 Å². The molecule has 0 fully saturated rings. The van der Waals surface area contributed by atoms with Gasteiger partial charge in [-0.3, -0.25) is 9.78 Å². The molecule has 0 saturated carbocycles. The number of thiocarbonyl (C=S) groups is 1. The van der Waals surface area contributed by atoms with Crippen LogP contribution in [0.15, 0.2) is 18.3 Å². The Hall–Kier alpha value is -1.69. The van der Waals surface area contributed by atoms with Crippen LogP contribution in [0.3, 0.4) is 0 Å². The molecule has 0 atom stereocenters. The van der Waals surface area contributed by atoms with Crippen molar-refractivity contribution < 1.29 is 4.79 Å². The van der Waals surface area contributed by atoms with Gasteiger partial charge in [-0.2, -0.15) is 0 Å². The minimum absolute atomic E-state index is 0.0326. The van der Waals surface area contributed by atoms with Crippen LogP contribution in [0.2, 0.25) is 0 Å². The van der Waals surface area contributed by atoms with Gasteiger partial charge in [0.05, 0.1) is 17.6 Å². The van der Waals surface area contributed by atoms with Gasteiger partial charge in [0.1, 0.15) is 4.99 Å². The highest BCUT2D eigenvalue weighted by atomic mass is 32.1. The number of rotatable bonds is 6. The molecule has 0 radical (unpaired) electrons. The molecule has 1 amide bonds. The molecule has 98 valence electrons. The minimum Gasteiger partial charge on any atom is -0.388 e. The highest BCUT2D eigenvalue weighted by molar-refractivity contribution is 7.80. The number of amides is 1. The Bertz CT molecular complexity index is 417. The number of nitrogens with zero attached hydrogens (tertiary/aromatic N) is 1. The normalized spacial score (nSPS) is 10.2. The molecule has 1 rings (SSSR count). The van der Waals surface area contributed by atoms with E-state index in [4.69, 9.17) is 18.0 Å². The van der Waals surface area contributed by atoms with E-state index in [2.05, 4.69) is 15.6 Å². The molecule has 0 spiro atoms. The molecule has 0 aliphatic rings. The zero-order chi connectivity index (χ0) is 13.5. The predicted molar refractivity (Wildman–Crippen MR) is 76.5 cm³/mol. The first-order valence-electron chi connectivity index (χ1n) is 5.78. The molecule has 5 nitrogen and oxygen atoms in total. The van der Waals surface area contributed by atoms with Crippen molar-refractivity contribution in [1.82, 2.24) is 10.3 Å². The Morgan fingerprint density at radius 2 is 2.22 bits per heavy atom. The molecule has 0 aromatic carbocycles. The van der Waals surface area contributed by atoms with Crippen molar-refractivity contribution in [2.45, 2.75) is 26.3 Å². The maximum Gasteiger partial charge on any atom is 0.221 e. The van der Waals surface area contributed by atoms with Gasteiger partial charge in [0.25, 0.3) is 0 Å². The van der Waals surface area contributed by atoms with Crippen molar-refractivity contribution in [3.63, 3.8) is 0 Å². The maximum atomic E-state index is 11.4. The lowest BCUT2D eigenvalue weighted by molar-refractivity contribution is -0.121. The summed E-state index contributed by atoms with van der Waals surface area (Å²) in [6.45, 7) is 4.43. The summed E-state index contributed by atoms with van der Waals surface area (Å²) in [6.07, 6.45) is 2.07. The Labute approximate surface area is 112 Å². The van der Waals surface area contributed by atoms with Crippen molar-refractivity contribution in [2.75, 3.05) is 11.9 Å². The molecule has 18 heavy (non-hydrogen) atoms. The molecule has 1 aromatic rings. The lowest BCUT2D eigenvalue weighted by atomic mass is 10.3. The van der Waals surface area contributed by atoms with Gasteiger partial charge in [0.2, 0.25) is 5.91 Å². The average Bonchev–Trinajstić information content (AvgIpc) is 2.28. The lowest BCUT2D eigenvalue weighted by Crippen LogP contribution is -2.31. The molecule has 0 aliphatic heterocycles. The fourth-order valence-electron chi connectivity index (χ4n) is 1.36. The van der Waals surface area contributed by atoms with Gasteiger partial charge in [0.15, 0.2) is 0 Å². The summed E-state index contributed by atoms with van der Waals surface area (Å²) in [5.74, 6) is 0.0326. The molecular formula is C12H18N4OS. The Morgan fingerprint density at radius 1 is 1.50 bits per heavy atom. The molecule has 0 saturated heterocycles. The number of carbonyl (C=O) groups is 1. The summed E-state index contributed by atoms with van der Waals surface area (Å²) >= 11 is 4.81. The van der Waals surface area contributed by atoms with Crippen molar-refractivity contribution in [1.29, 1.82) is 0 Å². The maximum absolute atomic E-state index is 11.4. The molecule has 0 unspecified atom stereocenters. The van der Waals surface area contributed by atoms with Gasteiger partial charge >= 0.3 is 0 Å². The van der Waals surface area contributed by atoms with E-state index in [9.17, 15) is 4.79 Å². The van der Waals surface area contributed by atoms with Crippen molar-refractivity contribution in [3.05, 3.63) is 24.0 Å². The van der Waals surface area contributed by atoms with E-state index in [1.165, 1.54) is 0 Å². The number of nitrogens with one attached hydrogen (secondary N) is 2. The first kappa shape index (κ1) is 14.4. The van der Waals surface area contributed by atoms with Gasteiger partial charge in [0, 0.05) is 19.0 Å². The fraction of sp³-hybridized carbons (Fsp3) is 0.417. The zero-order valence-electron chi connectivity index (χ0n) is 10.6. The summed E-state index contributed by atoms with van der Waals surface area (Å²) in [5, 5.41) is 5.93. The van der Waals surface area contributed by atoms with Crippen LogP contribution in [0.25, 0.3) is 0 Å². The number of anilines is 1. The smallest absolute Gasteiger partial charge is 0.221 e. The topological polar surface area (TPSA) is 80.0 Å². The van der Waals surface area contributed by atoms with Crippen LogP contribution in [0.1, 0.15) is 26.0 Å². The van der Waals surface area contributed by atoms with Crippen LogP contribution in [0.5, 0.6) is 0 Å². The van der Waals surface area contributed by atoms with Crippen molar-refractivity contribution in [2.24, 2.45) is 5.73 Å². The van der Waals surface area contributed by atoms with Crippen LogP contribution in [-0.2, 0) is 4.79 Å². The van der Waals surface area contributed by atoms with Gasteiger partial charge < -0.3 is 16.4 Å². The van der Waals surface area contributed by atoms with Crippen LogP contribution >= 0.6 is 12.2 Å². The summed E-state index contributed by atoms with van der Waals surface area (Å²) in [6, 6.07) is 3.75. The fourth-order valence-corrected chi connectivity index (χ4v) is 1.48. The number of carbonyl (C=O) groups excluding carboxylic acids is 1. The summed E-state index contributed by atoms with van der Waals surface area (Å²) in [7, 11) is 0. The highest BCUT2D eigenvalue weighted by Gasteiger charge is 2.03. The highest BCUT2D eigenvalue weighted by Crippen LogP contribution is 2.05. The molecule has 0 bridgehead atoms. The van der Waals surface area contributed by atoms with Gasteiger partial charge in [-0.25, -0.2) is 0 Å². The first-order valence-corrected chi connectivity index (χ1v) is 6.19. The van der Waals surface area contributed by atoms with E-state index in [1.807, 2.05) is 19.9 Å². The number of aromatic nitrogens is 1. The molecule has 1 aromatic heterocycles. The third-order valence-electron chi connectivity index (χ3n) is 2.15. The monoisotopic (exact) mass is 266 g/mol. The van der Waals surface area contributed by atoms with Crippen LogP contribution in [0.4, 0.5) is 5.69 Å². The number of pyridine rings is 1. The molecule has 0 aliphatic carbocycles. The molecule has 6 heteroatoms. The SMILES string of the molecule is CC(C)NC(=O)CCNc1ccc(C(N)=S)nc1. The van der Waals surface area contributed by atoms with Gasteiger partial charge in [-0.1, -0.05) is 12.2 Å². The first-order chi connectivity index (χ1) is 8.49. The summed E-state index contributed by atoms with van der Waals surface area (Å²) < 4.78 is 0. The van der Waals surface area contributed by atoms with Crippen LogP contribution in [0, 0.1) is 0 Å². The predicted octanol–water partition coefficient (Wildman–Crippen LogP) is 1.04. The Morgan fingerprint density at radius 3 is 2.72 bits per heavy atom. The van der Waals surface area contributed by atoms with Gasteiger partial charge in [-0.05, 0) is 26.0 Å². The van der Waals surface area contributed by atoms with Gasteiger partial charge in [-0.15, -0.1) is 0 Å². The Kier molecular flexibility index (Phi) is 5.51. The quantitative estimate of drug-likeness (QED) is 0.670. The van der Waals surface area contributed by atoms with E-state index >= 15 is 0 Å².